The Balaban J connectivity index is 1.95. The predicted octanol–water partition coefficient (Wildman–Crippen LogP) is 1.79. The van der Waals surface area contributed by atoms with Gasteiger partial charge in [0.2, 0.25) is 0 Å². The number of hydrogen-bond acceptors (Lipinski definition) is 3. The largest absolute Gasteiger partial charge is 0.317 e. The predicted molar refractivity (Wildman–Crippen MR) is 75.5 cm³/mol. The van der Waals surface area contributed by atoms with Gasteiger partial charge in [0, 0.05) is 12.6 Å². The molecular formula is C14H31N3. The zero-order chi connectivity index (χ0) is 12.5. The number of likely N-dealkylation sites (tertiary alicyclic amines) is 1. The van der Waals surface area contributed by atoms with Crippen LogP contribution >= 0.6 is 0 Å². The fourth-order valence-corrected chi connectivity index (χ4v) is 2.65. The third-order valence-corrected chi connectivity index (χ3v) is 3.84. The van der Waals surface area contributed by atoms with Crippen molar-refractivity contribution in [3.05, 3.63) is 0 Å². The lowest BCUT2D eigenvalue weighted by atomic mass is 10.2. The van der Waals surface area contributed by atoms with Crippen molar-refractivity contribution in [1.29, 1.82) is 0 Å². The van der Waals surface area contributed by atoms with Crippen LogP contribution in [-0.2, 0) is 0 Å². The third-order valence-electron chi connectivity index (χ3n) is 3.84. The summed E-state index contributed by atoms with van der Waals surface area (Å²) in [6, 6.07) is 0.807. The van der Waals surface area contributed by atoms with Gasteiger partial charge in [-0.15, -0.1) is 0 Å². The first-order valence-electron chi connectivity index (χ1n) is 7.33. The van der Waals surface area contributed by atoms with E-state index in [1.165, 1.54) is 58.3 Å². The van der Waals surface area contributed by atoms with Gasteiger partial charge in [0.1, 0.15) is 0 Å². The second-order valence-electron chi connectivity index (χ2n) is 5.45. The van der Waals surface area contributed by atoms with Crippen LogP contribution in [-0.4, -0.2) is 62.7 Å². The second-order valence-corrected chi connectivity index (χ2v) is 5.45. The summed E-state index contributed by atoms with van der Waals surface area (Å²) in [5.74, 6) is 0. The Morgan fingerprint density at radius 2 is 2.12 bits per heavy atom. The van der Waals surface area contributed by atoms with Crippen molar-refractivity contribution >= 4 is 0 Å². The van der Waals surface area contributed by atoms with Crippen LogP contribution in [0.5, 0.6) is 0 Å². The molecule has 0 aliphatic carbocycles. The number of nitrogens with zero attached hydrogens (tertiary/aromatic N) is 2. The molecule has 1 N–H and O–H groups in total. The van der Waals surface area contributed by atoms with E-state index in [4.69, 9.17) is 0 Å². The van der Waals surface area contributed by atoms with E-state index in [-0.39, 0.29) is 0 Å². The van der Waals surface area contributed by atoms with Crippen LogP contribution in [0.15, 0.2) is 0 Å². The standard InChI is InChI=1S/C14H31N3/c1-4-15-10-6-5-7-11-16(2)13-14-9-8-12-17(14)3/h14-15H,4-13H2,1-3H3. The molecule has 3 heteroatoms. The minimum atomic E-state index is 0.807. The lowest BCUT2D eigenvalue weighted by molar-refractivity contribution is 0.217. The molecule has 0 bridgehead atoms. The van der Waals surface area contributed by atoms with Crippen molar-refractivity contribution in [1.82, 2.24) is 15.1 Å². The highest BCUT2D eigenvalue weighted by atomic mass is 15.2. The number of likely N-dealkylation sites (N-methyl/N-ethyl adjacent to an activating group) is 2. The van der Waals surface area contributed by atoms with Crippen molar-refractivity contribution in [3.63, 3.8) is 0 Å². The molecule has 0 amide bonds. The molecule has 17 heavy (non-hydrogen) atoms. The van der Waals surface area contributed by atoms with Crippen LogP contribution in [0.25, 0.3) is 0 Å². The molecule has 1 aliphatic heterocycles. The maximum atomic E-state index is 3.38. The van der Waals surface area contributed by atoms with Gasteiger partial charge in [-0.1, -0.05) is 13.3 Å². The summed E-state index contributed by atoms with van der Waals surface area (Å²) in [4.78, 5) is 5.03. The van der Waals surface area contributed by atoms with E-state index in [0.29, 0.717) is 0 Å². The first-order valence-corrected chi connectivity index (χ1v) is 7.33. The zero-order valence-electron chi connectivity index (χ0n) is 12.0. The van der Waals surface area contributed by atoms with Gasteiger partial charge in [0.05, 0.1) is 0 Å². The van der Waals surface area contributed by atoms with E-state index in [2.05, 4.69) is 36.1 Å². The summed E-state index contributed by atoms with van der Waals surface area (Å²) in [5.41, 5.74) is 0. The van der Waals surface area contributed by atoms with E-state index >= 15 is 0 Å². The fourth-order valence-electron chi connectivity index (χ4n) is 2.65. The average molecular weight is 241 g/mol. The molecule has 0 saturated carbocycles. The van der Waals surface area contributed by atoms with Crippen LogP contribution < -0.4 is 5.32 Å². The van der Waals surface area contributed by atoms with Gasteiger partial charge in [0.25, 0.3) is 0 Å². The molecule has 0 radical (unpaired) electrons. The van der Waals surface area contributed by atoms with Gasteiger partial charge in [-0.05, 0) is 66.0 Å². The smallest absolute Gasteiger partial charge is 0.0220 e. The molecule has 0 aromatic carbocycles. The van der Waals surface area contributed by atoms with E-state index < -0.39 is 0 Å². The van der Waals surface area contributed by atoms with E-state index in [1.807, 2.05) is 0 Å². The molecule has 1 rings (SSSR count). The van der Waals surface area contributed by atoms with Crippen molar-refractivity contribution in [2.45, 2.75) is 45.1 Å². The fraction of sp³-hybridized carbons (Fsp3) is 1.00. The molecule has 0 aromatic rings. The van der Waals surface area contributed by atoms with E-state index in [1.54, 1.807) is 0 Å². The summed E-state index contributed by atoms with van der Waals surface area (Å²) in [7, 11) is 4.54. The Morgan fingerprint density at radius 1 is 1.29 bits per heavy atom. The maximum absolute atomic E-state index is 3.38. The lowest BCUT2D eigenvalue weighted by Crippen LogP contribution is -2.37. The maximum Gasteiger partial charge on any atom is 0.0220 e. The Kier molecular flexibility index (Phi) is 7.82. The number of nitrogens with one attached hydrogen (secondary N) is 1. The van der Waals surface area contributed by atoms with Crippen LogP contribution in [0.3, 0.4) is 0 Å². The lowest BCUT2D eigenvalue weighted by Gasteiger charge is -2.25. The van der Waals surface area contributed by atoms with Gasteiger partial charge < -0.3 is 15.1 Å². The molecule has 3 nitrogen and oxygen atoms in total. The molecule has 1 atom stereocenters. The minimum absolute atomic E-state index is 0.807. The molecule has 1 saturated heterocycles. The Hall–Kier alpha value is -0.120. The van der Waals surface area contributed by atoms with Gasteiger partial charge >= 0.3 is 0 Å². The first kappa shape index (κ1) is 14.9. The number of hydrogen-bond donors (Lipinski definition) is 1. The molecule has 1 heterocycles. The van der Waals surface area contributed by atoms with Gasteiger partial charge in [-0.25, -0.2) is 0 Å². The molecular weight excluding hydrogens is 210 g/mol. The third kappa shape index (κ3) is 6.39. The summed E-state index contributed by atoms with van der Waals surface area (Å²) >= 11 is 0. The Labute approximate surface area is 108 Å². The minimum Gasteiger partial charge on any atom is -0.317 e. The quantitative estimate of drug-likeness (QED) is 0.621. The zero-order valence-corrected chi connectivity index (χ0v) is 12.0. The van der Waals surface area contributed by atoms with Crippen molar-refractivity contribution in [2.24, 2.45) is 0 Å². The summed E-state index contributed by atoms with van der Waals surface area (Å²) in [5, 5.41) is 3.38. The van der Waals surface area contributed by atoms with Crippen molar-refractivity contribution in [2.75, 3.05) is 46.8 Å². The number of unbranched alkanes of at least 4 members (excludes halogenated alkanes) is 2. The molecule has 1 aliphatic rings. The highest BCUT2D eigenvalue weighted by Gasteiger charge is 2.21. The summed E-state index contributed by atoms with van der Waals surface area (Å²) < 4.78 is 0. The number of rotatable bonds is 9. The van der Waals surface area contributed by atoms with Crippen molar-refractivity contribution < 1.29 is 0 Å². The van der Waals surface area contributed by atoms with E-state index in [9.17, 15) is 0 Å². The van der Waals surface area contributed by atoms with Crippen LogP contribution in [0, 0.1) is 0 Å². The highest BCUT2D eigenvalue weighted by Crippen LogP contribution is 2.15. The van der Waals surface area contributed by atoms with Crippen LogP contribution in [0.1, 0.15) is 39.0 Å². The summed E-state index contributed by atoms with van der Waals surface area (Å²) in [6.07, 6.45) is 6.81. The van der Waals surface area contributed by atoms with Gasteiger partial charge in [0.15, 0.2) is 0 Å². The van der Waals surface area contributed by atoms with Crippen molar-refractivity contribution in [3.8, 4) is 0 Å². The van der Waals surface area contributed by atoms with E-state index in [0.717, 1.165) is 12.6 Å². The molecule has 0 spiro atoms. The first-order chi connectivity index (χ1) is 8.24. The highest BCUT2D eigenvalue weighted by molar-refractivity contribution is 4.78. The molecule has 1 fully saturated rings. The summed E-state index contributed by atoms with van der Waals surface area (Å²) in [6.45, 7) is 8.27. The molecule has 0 aromatic heterocycles. The molecule has 102 valence electrons. The van der Waals surface area contributed by atoms with Gasteiger partial charge in [-0.2, -0.15) is 0 Å². The van der Waals surface area contributed by atoms with Crippen LogP contribution in [0.2, 0.25) is 0 Å². The monoisotopic (exact) mass is 241 g/mol. The SMILES string of the molecule is CCNCCCCCN(C)CC1CCCN1C. The average Bonchev–Trinajstić information content (AvgIpc) is 2.69. The van der Waals surface area contributed by atoms with Crippen LogP contribution in [0.4, 0.5) is 0 Å². The normalized spacial score (nSPS) is 21.5. The Morgan fingerprint density at radius 3 is 2.76 bits per heavy atom. The topological polar surface area (TPSA) is 18.5 Å². The van der Waals surface area contributed by atoms with Gasteiger partial charge in [-0.3, -0.25) is 0 Å². The second kappa shape index (κ2) is 8.90. The Bertz CT molecular complexity index is 184. The molecule has 1 unspecified atom stereocenters.